The van der Waals surface area contributed by atoms with Crippen LogP contribution in [0.3, 0.4) is 0 Å². The zero-order valence-corrected chi connectivity index (χ0v) is 20.0. The smallest absolute Gasteiger partial charge is 0.257 e. The Hall–Kier alpha value is -3.48. The minimum absolute atomic E-state index is 0.0504. The first-order valence-corrected chi connectivity index (χ1v) is 12.0. The number of pyridine rings is 1. The Morgan fingerprint density at radius 3 is 2.46 bits per heavy atom. The summed E-state index contributed by atoms with van der Waals surface area (Å²) < 4.78 is 14.7. The molecule has 3 N–H and O–H groups in total. The second-order valence-corrected chi connectivity index (χ2v) is 8.87. The zero-order valence-electron chi connectivity index (χ0n) is 19.2. The Bertz CT molecular complexity index is 1350. The van der Waals surface area contributed by atoms with Crippen molar-refractivity contribution in [2.24, 2.45) is 0 Å². The molecule has 7 heteroatoms. The summed E-state index contributed by atoms with van der Waals surface area (Å²) in [5.74, 6) is -1.02. The third-order valence-corrected chi connectivity index (χ3v) is 6.12. The van der Waals surface area contributed by atoms with Crippen LogP contribution >= 0.6 is 11.6 Å². The standard InChI is InChI=1S/C28H27ClFN3O2/c29-22-10-8-20(9-11-22)17-33-28(35)24-18-32-26-23(27(24)34)15-21(16-25(26)30)7-4-13-31-14-12-19-5-2-1-3-6-19/h1-3,5-6,8-11,15-16,18,31H,4,7,12-14,17H2,(H,32,34)(H,33,35). The molecule has 35 heavy (non-hydrogen) atoms. The van der Waals surface area contributed by atoms with E-state index in [2.05, 4.69) is 27.8 Å². The predicted molar refractivity (Wildman–Crippen MR) is 138 cm³/mol. The molecule has 0 fully saturated rings. The third kappa shape index (κ3) is 6.56. The van der Waals surface area contributed by atoms with Crippen LogP contribution in [0, 0.1) is 5.82 Å². The van der Waals surface area contributed by atoms with Crippen LogP contribution in [0.1, 0.15) is 33.5 Å². The molecule has 1 aromatic heterocycles. The number of halogens is 2. The Morgan fingerprint density at radius 2 is 1.69 bits per heavy atom. The maximum absolute atomic E-state index is 14.7. The summed E-state index contributed by atoms with van der Waals surface area (Å²) in [7, 11) is 0. The molecule has 0 radical (unpaired) electrons. The van der Waals surface area contributed by atoms with Gasteiger partial charge in [-0.05, 0) is 73.3 Å². The first-order valence-electron chi connectivity index (χ1n) is 11.6. The first-order chi connectivity index (χ1) is 17.0. The molecule has 4 rings (SSSR count). The topological polar surface area (TPSA) is 74.0 Å². The number of hydrogen-bond acceptors (Lipinski definition) is 3. The number of aryl methyl sites for hydroxylation is 1. The first kappa shape index (κ1) is 24.6. The minimum Gasteiger partial charge on any atom is -0.358 e. The van der Waals surface area contributed by atoms with Crippen molar-refractivity contribution < 1.29 is 9.18 Å². The summed E-state index contributed by atoms with van der Waals surface area (Å²) in [5.41, 5.74) is 2.42. The summed E-state index contributed by atoms with van der Waals surface area (Å²) in [6.07, 6.45) is 3.64. The SMILES string of the molecule is O=C(NCc1ccc(Cl)cc1)c1c[nH]c2c(F)cc(CCCNCCc3ccccc3)cc2c1=O. The molecule has 0 unspecified atom stereocenters. The number of amides is 1. The number of hydrogen-bond donors (Lipinski definition) is 3. The fraction of sp³-hybridized carbons (Fsp3) is 0.214. The Labute approximate surface area is 208 Å². The molecule has 0 atom stereocenters. The zero-order chi connectivity index (χ0) is 24.6. The lowest BCUT2D eigenvalue weighted by Crippen LogP contribution is -2.28. The molecule has 180 valence electrons. The summed E-state index contributed by atoms with van der Waals surface area (Å²) in [6, 6.07) is 20.4. The molecule has 0 aliphatic carbocycles. The fourth-order valence-electron chi connectivity index (χ4n) is 3.96. The quantitative estimate of drug-likeness (QED) is 0.273. The molecule has 0 spiro atoms. The maximum atomic E-state index is 14.7. The second kappa shape index (κ2) is 11.8. The van der Waals surface area contributed by atoms with Crippen molar-refractivity contribution in [1.82, 2.24) is 15.6 Å². The van der Waals surface area contributed by atoms with Gasteiger partial charge in [0.25, 0.3) is 5.91 Å². The van der Waals surface area contributed by atoms with Gasteiger partial charge in [0.05, 0.1) is 5.52 Å². The molecule has 0 saturated heterocycles. The highest BCUT2D eigenvalue weighted by atomic mass is 35.5. The van der Waals surface area contributed by atoms with Gasteiger partial charge in [-0.2, -0.15) is 0 Å². The number of H-pyrrole nitrogens is 1. The predicted octanol–water partition coefficient (Wildman–Crippen LogP) is 5.02. The molecule has 0 aliphatic heterocycles. The monoisotopic (exact) mass is 491 g/mol. The highest BCUT2D eigenvalue weighted by Gasteiger charge is 2.15. The van der Waals surface area contributed by atoms with Gasteiger partial charge in [0, 0.05) is 23.2 Å². The van der Waals surface area contributed by atoms with Gasteiger partial charge in [-0.1, -0.05) is 54.1 Å². The molecular weight excluding hydrogens is 465 g/mol. The van der Waals surface area contributed by atoms with Crippen LogP contribution in [0.25, 0.3) is 10.9 Å². The average molecular weight is 492 g/mol. The van der Waals surface area contributed by atoms with Gasteiger partial charge in [-0.25, -0.2) is 4.39 Å². The molecule has 5 nitrogen and oxygen atoms in total. The Morgan fingerprint density at radius 1 is 0.914 bits per heavy atom. The molecule has 1 amide bonds. The highest BCUT2D eigenvalue weighted by Crippen LogP contribution is 2.17. The number of nitrogens with one attached hydrogen (secondary N) is 3. The lowest BCUT2D eigenvalue weighted by molar-refractivity contribution is 0.0949. The van der Waals surface area contributed by atoms with Crippen LogP contribution in [0.15, 0.2) is 77.7 Å². The van der Waals surface area contributed by atoms with Gasteiger partial charge in [0.1, 0.15) is 11.4 Å². The van der Waals surface area contributed by atoms with E-state index >= 15 is 0 Å². The molecule has 0 saturated carbocycles. The normalized spacial score (nSPS) is 11.0. The van der Waals surface area contributed by atoms with Crippen LogP contribution in [0.5, 0.6) is 0 Å². The number of carbonyl (C=O) groups is 1. The molecule has 0 bridgehead atoms. The second-order valence-electron chi connectivity index (χ2n) is 8.43. The van der Waals surface area contributed by atoms with Gasteiger partial charge < -0.3 is 15.6 Å². The summed E-state index contributed by atoms with van der Waals surface area (Å²) in [5, 5.41) is 6.91. The molecule has 0 aliphatic rings. The van der Waals surface area contributed by atoms with E-state index in [1.54, 1.807) is 30.3 Å². The van der Waals surface area contributed by atoms with E-state index in [-0.39, 0.29) is 23.0 Å². The largest absolute Gasteiger partial charge is 0.358 e. The van der Waals surface area contributed by atoms with Crippen molar-refractivity contribution in [2.75, 3.05) is 13.1 Å². The van der Waals surface area contributed by atoms with Crippen molar-refractivity contribution in [3.63, 3.8) is 0 Å². The van der Waals surface area contributed by atoms with Gasteiger partial charge in [-0.15, -0.1) is 0 Å². The van der Waals surface area contributed by atoms with Crippen LogP contribution in [0.2, 0.25) is 5.02 Å². The Balaban J connectivity index is 1.37. The summed E-state index contributed by atoms with van der Waals surface area (Å²) in [4.78, 5) is 28.4. The highest BCUT2D eigenvalue weighted by molar-refractivity contribution is 6.30. The van der Waals surface area contributed by atoms with Crippen LogP contribution in [0.4, 0.5) is 4.39 Å². The minimum atomic E-state index is -0.517. The molecular formula is C28H27ClFN3O2. The van der Waals surface area contributed by atoms with Gasteiger partial charge in [0.15, 0.2) is 0 Å². The van der Waals surface area contributed by atoms with E-state index in [1.807, 2.05) is 18.2 Å². The van der Waals surface area contributed by atoms with Gasteiger partial charge in [-0.3, -0.25) is 9.59 Å². The van der Waals surface area contributed by atoms with Crippen LogP contribution in [-0.2, 0) is 19.4 Å². The number of carbonyl (C=O) groups excluding carboxylic acids is 1. The number of fused-ring (bicyclic) bond motifs is 1. The lowest BCUT2D eigenvalue weighted by atomic mass is 10.0. The van der Waals surface area contributed by atoms with Gasteiger partial charge in [0.2, 0.25) is 5.43 Å². The Kier molecular flexibility index (Phi) is 8.29. The van der Waals surface area contributed by atoms with Crippen LogP contribution in [-0.4, -0.2) is 24.0 Å². The van der Waals surface area contributed by atoms with E-state index in [9.17, 15) is 14.0 Å². The van der Waals surface area contributed by atoms with Crippen LogP contribution < -0.4 is 16.1 Å². The maximum Gasteiger partial charge on any atom is 0.257 e. The number of aromatic amines is 1. The van der Waals surface area contributed by atoms with E-state index < -0.39 is 17.2 Å². The van der Waals surface area contributed by atoms with Crippen molar-refractivity contribution >= 4 is 28.4 Å². The summed E-state index contributed by atoms with van der Waals surface area (Å²) in [6.45, 7) is 1.90. The van der Waals surface area contributed by atoms with Crippen molar-refractivity contribution in [3.8, 4) is 0 Å². The number of rotatable bonds is 10. The molecule has 4 aromatic rings. The van der Waals surface area contributed by atoms with Crippen molar-refractivity contribution in [1.29, 1.82) is 0 Å². The van der Waals surface area contributed by atoms with E-state index in [0.29, 0.717) is 11.4 Å². The summed E-state index contributed by atoms with van der Waals surface area (Å²) >= 11 is 5.88. The molecule has 1 heterocycles. The number of aromatic nitrogens is 1. The lowest BCUT2D eigenvalue weighted by Gasteiger charge is -2.09. The van der Waals surface area contributed by atoms with Crippen molar-refractivity contribution in [3.05, 3.63) is 116 Å². The van der Waals surface area contributed by atoms with Crippen molar-refractivity contribution in [2.45, 2.75) is 25.8 Å². The van der Waals surface area contributed by atoms with Gasteiger partial charge >= 0.3 is 0 Å². The fourth-order valence-corrected chi connectivity index (χ4v) is 4.08. The molecule has 3 aromatic carbocycles. The average Bonchev–Trinajstić information content (AvgIpc) is 2.87. The van der Waals surface area contributed by atoms with E-state index in [4.69, 9.17) is 11.6 Å². The van der Waals surface area contributed by atoms with E-state index in [0.717, 1.165) is 37.1 Å². The number of benzene rings is 3. The van der Waals surface area contributed by atoms with E-state index in [1.165, 1.54) is 17.8 Å². The third-order valence-electron chi connectivity index (χ3n) is 5.86.